The molecule has 7 nitrogen and oxygen atoms in total. The predicted octanol–water partition coefficient (Wildman–Crippen LogP) is 7.05. The van der Waals surface area contributed by atoms with Crippen LogP contribution < -0.4 is 15.6 Å². The number of aromatic nitrogens is 2. The second-order valence-corrected chi connectivity index (χ2v) is 9.78. The Kier molecular flexibility index (Phi) is 8.46. The second-order valence-electron chi connectivity index (χ2n) is 9.78. The minimum Gasteiger partial charge on any atom is -0.495 e. The Hall–Kier alpha value is -4.34. The van der Waals surface area contributed by atoms with Crippen LogP contribution >= 0.6 is 0 Å². The Labute approximate surface area is 230 Å². The van der Waals surface area contributed by atoms with E-state index in [0.717, 1.165) is 12.1 Å². The molecule has 10 heteroatoms. The van der Waals surface area contributed by atoms with Gasteiger partial charge in [-0.1, -0.05) is 51.1 Å². The van der Waals surface area contributed by atoms with Crippen LogP contribution in [0, 0.1) is 5.92 Å². The minimum atomic E-state index is -4.55. The molecule has 0 bridgehead atoms. The number of alkyl halides is 3. The topological polar surface area (TPSA) is 76.5 Å². The molecule has 1 atom stereocenters. The van der Waals surface area contributed by atoms with Crippen molar-refractivity contribution >= 4 is 22.6 Å². The molecule has 3 aromatic carbocycles. The number of methoxy groups -OCH3 is 1. The first-order valence-electron chi connectivity index (χ1n) is 12.9. The molecule has 210 valence electrons. The number of fused-ring (bicyclic) bond motifs is 1. The smallest absolute Gasteiger partial charge is 0.416 e. The molecule has 0 aliphatic heterocycles. The Balaban J connectivity index is 1.88. The standard InChI is InChI=1S/C30H31F3N4O3/c1-5-24(36(18-19(2)3)29(39)34-21-12-10-11-20(17-21)30(31,32)33)27-35-23-14-7-6-13-22(23)28(38)37(27)25-15-8-9-16-26(25)40-4/h6-17,19,24H,5,18H2,1-4H3,(H,34,39). The van der Waals surface area contributed by atoms with Gasteiger partial charge in [0.15, 0.2) is 0 Å². The van der Waals surface area contributed by atoms with Crippen molar-refractivity contribution in [3.63, 3.8) is 0 Å². The summed E-state index contributed by atoms with van der Waals surface area (Å²) in [6, 6.07) is 17.2. The van der Waals surface area contributed by atoms with Crippen LogP contribution in [0.1, 0.15) is 44.6 Å². The van der Waals surface area contributed by atoms with Crippen molar-refractivity contribution in [1.82, 2.24) is 14.5 Å². The number of nitrogens with one attached hydrogen (secondary N) is 1. The highest BCUT2D eigenvalue weighted by Gasteiger charge is 2.32. The third-order valence-corrected chi connectivity index (χ3v) is 6.45. The fraction of sp³-hybridized carbons (Fsp3) is 0.300. The number of hydrogen-bond acceptors (Lipinski definition) is 4. The van der Waals surface area contributed by atoms with E-state index in [2.05, 4.69) is 5.32 Å². The average molecular weight is 553 g/mol. The van der Waals surface area contributed by atoms with Gasteiger partial charge in [-0.2, -0.15) is 13.2 Å². The highest BCUT2D eigenvalue weighted by Crippen LogP contribution is 2.32. The third kappa shape index (κ3) is 5.95. The molecule has 0 saturated heterocycles. The molecule has 40 heavy (non-hydrogen) atoms. The first-order valence-corrected chi connectivity index (χ1v) is 12.9. The van der Waals surface area contributed by atoms with Crippen LogP contribution in [0.15, 0.2) is 77.6 Å². The van der Waals surface area contributed by atoms with Crippen molar-refractivity contribution in [3.05, 3.63) is 94.5 Å². The number of para-hydroxylation sites is 3. The summed E-state index contributed by atoms with van der Waals surface area (Å²) in [7, 11) is 1.50. The molecule has 2 amide bonds. The molecule has 0 aliphatic carbocycles. The SMILES string of the molecule is CCC(c1nc2ccccc2c(=O)n1-c1ccccc1OC)N(CC(C)C)C(=O)Nc1cccc(C(F)(F)F)c1. The molecular weight excluding hydrogens is 521 g/mol. The van der Waals surface area contributed by atoms with E-state index in [1.54, 1.807) is 48.5 Å². The number of carbonyl (C=O) groups excluding carboxylic acids is 1. The predicted molar refractivity (Wildman–Crippen MR) is 149 cm³/mol. The number of rotatable bonds is 8. The summed E-state index contributed by atoms with van der Waals surface area (Å²) in [5.41, 5.74) is -0.253. The summed E-state index contributed by atoms with van der Waals surface area (Å²) in [5.74, 6) is 0.769. The van der Waals surface area contributed by atoms with Crippen molar-refractivity contribution < 1.29 is 22.7 Å². The van der Waals surface area contributed by atoms with Crippen LogP contribution in [-0.4, -0.2) is 34.1 Å². The van der Waals surface area contributed by atoms with Crippen LogP contribution in [0.3, 0.4) is 0 Å². The summed E-state index contributed by atoms with van der Waals surface area (Å²) >= 11 is 0. The first-order chi connectivity index (χ1) is 19.0. The number of urea groups is 1. The fourth-order valence-corrected chi connectivity index (χ4v) is 4.68. The number of benzene rings is 3. The Bertz CT molecular complexity index is 1570. The molecule has 1 heterocycles. The monoisotopic (exact) mass is 552 g/mol. The van der Waals surface area contributed by atoms with E-state index in [1.165, 1.54) is 28.7 Å². The van der Waals surface area contributed by atoms with Gasteiger partial charge in [0.05, 0.1) is 35.3 Å². The molecule has 0 radical (unpaired) electrons. The molecule has 0 saturated carbocycles. The van der Waals surface area contributed by atoms with Gasteiger partial charge in [0, 0.05) is 12.2 Å². The van der Waals surface area contributed by atoms with Gasteiger partial charge in [-0.3, -0.25) is 9.36 Å². The average Bonchev–Trinajstić information content (AvgIpc) is 2.92. The van der Waals surface area contributed by atoms with Crippen molar-refractivity contribution in [3.8, 4) is 11.4 Å². The van der Waals surface area contributed by atoms with E-state index in [0.29, 0.717) is 34.6 Å². The lowest BCUT2D eigenvalue weighted by molar-refractivity contribution is -0.137. The summed E-state index contributed by atoms with van der Waals surface area (Å²) < 4.78 is 46.9. The Morgan fingerprint density at radius 3 is 2.42 bits per heavy atom. The number of ether oxygens (including phenoxy) is 1. The minimum absolute atomic E-state index is 0.00759. The number of halogens is 3. The van der Waals surface area contributed by atoms with Gasteiger partial charge >= 0.3 is 12.2 Å². The normalized spacial score (nSPS) is 12.4. The van der Waals surface area contributed by atoms with Crippen molar-refractivity contribution in [2.24, 2.45) is 5.92 Å². The molecular formula is C30H31F3N4O3. The van der Waals surface area contributed by atoms with Gasteiger partial charge in [0.1, 0.15) is 11.6 Å². The molecule has 1 aromatic heterocycles. The molecule has 0 aliphatic rings. The highest BCUT2D eigenvalue weighted by molar-refractivity contribution is 5.90. The molecule has 0 fully saturated rings. The number of nitrogens with zero attached hydrogens (tertiary/aromatic N) is 3. The number of anilines is 1. The molecule has 4 rings (SSSR count). The van der Waals surface area contributed by atoms with Crippen LogP contribution in [0.5, 0.6) is 5.75 Å². The zero-order chi connectivity index (χ0) is 29.0. The quantitative estimate of drug-likeness (QED) is 0.254. The maximum atomic E-state index is 13.9. The summed E-state index contributed by atoms with van der Waals surface area (Å²) in [4.78, 5) is 34.0. The highest BCUT2D eigenvalue weighted by atomic mass is 19.4. The van der Waals surface area contributed by atoms with E-state index in [9.17, 15) is 22.8 Å². The number of hydrogen-bond donors (Lipinski definition) is 1. The maximum absolute atomic E-state index is 13.9. The Morgan fingerprint density at radius 2 is 1.75 bits per heavy atom. The van der Waals surface area contributed by atoms with Gasteiger partial charge < -0.3 is 15.0 Å². The number of amides is 2. The molecule has 4 aromatic rings. The van der Waals surface area contributed by atoms with Crippen LogP contribution in [0.4, 0.5) is 23.7 Å². The van der Waals surface area contributed by atoms with Crippen LogP contribution in [0.2, 0.25) is 0 Å². The lowest BCUT2D eigenvalue weighted by Crippen LogP contribution is -2.42. The summed E-state index contributed by atoms with van der Waals surface area (Å²) in [5, 5.41) is 3.02. The lowest BCUT2D eigenvalue weighted by Gasteiger charge is -2.33. The van der Waals surface area contributed by atoms with Crippen molar-refractivity contribution in [1.29, 1.82) is 0 Å². The van der Waals surface area contributed by atoms with Gasteiger partial charge in [-0.15, -0.1) is 0 Å². The van der Waals surface area contributed by atoms with Gasteiger partial charge in [-0.05, 0) is 54.8 Å². The van der Waals surface area contributed by atoms with E-state index in [-0.39, 0.29) is 23.7 Å². The number of carbonyl (C=O) groups is 1. The zero-order valence-corrected chi connectivity index (χ0v) is 22.7. The van der Waals surface area contributed by atoms with E-state index < -0.39 is 23.8 Å². The van der Waals surface area contributed by atoms with E-state index >= 15 is 0 Å². The largest absolute Gasteiger partial charge is 0.495 e. The Morgan fingerprint density at radius 1 is 1.05 bits per heavy atom. The summed E-state index contributed by atoms with van der Waals surface area (Å²) in [6.45, 7) is 5.98. The summed E-state index contributed by atoms with van der Waals surface area (Å²) in [6.07, 6.45) is -4.17. The molecule has 1 unspecified atom stereocenters. The zero-order valence-electron chi connectivity index (χ0n) is 22.7. The molecule has 1 N–H and O–H groups in total. The fourth-order valence-electron chi connectivity index (χ4n) is 4.68. The van der Waals surface area contributed by atoms with E-state index in [1.807, 2.05) is 20.8 Å². The van der Waals surface area contributed by atoms with Gasteiger partial charge in [-0.25, -0.2) is 9.78 Å². The van der Waals surface area contributed by atoms with Crippen molar-refractivity contribution in [2.75, 3.05) is 19.0 Å². The third-order valence-electron chi connectivity index (χ3n) is 6.45. The molecule has 0 spiro atoms. The van der Waals surface area contributed by atoms with Crippen LogP contribution in [0.25, 0.3) is 16.6 Å². The van der Waals surface area contributed by atoms with Crippen LogP contribution in [-0.2, 0) is 6.18 Å². The van der Waals surface area contributed by atoms with Gasteiger partial charge in [0.2, 0.25) is 0 Å². The first kappa shape index (κ1) is 28.7. The van der Waals surface area contributed by atoms with Crippen molar-refractivity contribution in [2.45, 2.75) is 39.4 Å². The second kappa shape index (κ2) is 11.8. The lowest BCUT2D eigenvalue weighted by atomic mass is 10.1. The van der Waals surface area contributed by atoms with E-state index in [4.69, 9.17) is 9.72 Å². The van der Waals surface area contributed by atoms with Gasteiger partial charge in [0.25, 0.3) is 5.56 Å². The maximum Gasteiger partial charge on any atom is 0.416 e.